The van der Waals surface area contributed by atoms with Crippen LogP contribution in [0.1, 0.15) is 44.9 Å². The van der Waals surface area contributed by atoms with Gasteiger partial charge in [0.1, 0.15) is 0 Å². The lowest BCUT2D eigenvalue weighted by Crippen LogP contribution is -2.29. The molecule has 0 spiro atoms. The number of carbonyl (C=O) groups is 2. The van der Waals surface area contributed by atoms with Crippen molar-refractivity contribution < 1.29 is 14.3 Å². The summed E-state index contributed by atoms with van der Waals surface area (Å²) in [5, 5.41) is 11.2. The van der Waals surface area contributed by atoms with Gasteiger partial charge in [-0.15, -0.1) is 0 Å². The molecule has 7 nitrogen and oxygen atoms in total. The predicted octanol–water partition coefficient (Wildman–Crippen LogP) is 1.68. The number of ether oxygens (including phenoxy) is 1. The molecule has 2 aliphatic rings. The maximum Gasteiger partial charge on any atom is 0.274 e. The van der Waals surface area contributed by atoms with E-state index < -0.39 is 0 Å². The highest BCUT2D eigenvalue weighted by Gasteiger charge is 2.29. The van der Waals surface area contributed by atoms with Crippen LogP contribution < -0.4 is 5.32 Å². The fourth-order valence-corrected chi connectivity index (χ4v) is 4.14. The normalized spacial score (nSPS) is 16.5. The lowest BCUT2D eigenvalue weighted by atomic mass is 10.1. The number of aromatic nitrogens is 2. The first kappa shape index (κ1) is 17.2. The molecule has 26 heavy (non-hydrogen) atoms. The zero-order valence-electron chi connectivity index (χ0n) is 14.6. The van der Waals surface area contributed by atoms with Crippen molar-refractivity contribution in [2.45, 2.75) is 32.4 Å². The standard InChI is InChI=1S/C18H22N4O3S/c23-17(13-4-10-26-12-13)19-5-8-22-15-3-9-25-11-14(15)16(20-22)18(24)21-6-1-2-7-21/h4,10,12H,1-3,5-9,11H2,(H,19,23). The number of thiophene rings is 1. The second-order valence-corrected chi connectivity index (χ2v) is 7.35. The first-order valence-corrected chi connectivity index (χ1v) is 9.94. The zero-order chi connectivity index (χ0) is 17.9. The van der Waals surface area contributed by atoms with Crippen LogP contribution in [0.5, 0.6) is 0 Å². The molecule has 0 aliphatic carbocycles. The minimum atomic E-state index is -0.0797. The van der Waals surface area contributed by atoms with E-state index in [9.17, 15) is 9.59 Å². The van der Waals surface area contributed by atoms with Gasteiger partial charge in [0.05, 0.1) is 19.8 Å². The highest BCUT2D eigenvalue weighted by atomic mass is 32.1. The van der Waals surface area contributed by atoms with E-state index in [-0.39, 0.29) is 11.8 Å². The van der Waals surface area contributed by atoms with Crippen molar-refractivity contribution in [2.24, 2.45) is 0 Å². The van der Waals surface area contributed by atoms with Crippen LogP contribution in [0.4, 0.5) is 0 Å². The fraction of sp³-hybridized carbons (Fsp3) is 0.500. The van der Waals surface area contributed by atoms with Gasteiger partial charge in [-0.3, -0.25) is 14.3 Å². The Labute approximate surface area is 155 Å². The van der Waals surface area contributed by atoms with Crippen LogP contribution in [0, 0.1) is 0 Å². The van der Waals surface area contributed by atoms with Gasteiger partial charge in [0.15, 0.2) is 5.69 Å². The van der Waals surface area contributed by atoms with Crippen molar-refractivity contribution in [2.75, 3.05) is 26.2 Å². The van der Waals surface area contributed by atoms with Gasteiger partial charge in [-0.2, -0.15) is 16.4 Å². The Bertz CT molecular complexity index is 794. The van der Waals surface area contributed by atoms with Crippen LogP contribution in [0.2, 0.25) is 0 Å². The number of fused-ring (bicyclic) bond motifs is 1. The van der Waals surface area contributed by atoms with E-state index in [4.69, 9.17) is 4.74 Å². The highest BCUT2D eigenvalue weighted by Crippen LogP contribution is 2.23. The number of nitrogens with one attached hydrogen (secondary N) is 1. The SMILES string of the molecule is O=C(NCCn1nc(C(=O)N2CCCC2)c2c1CCOC2)c1ccsc1. The van der Waals surface area contributed by atoms with Crippen LogP contribution in [0.15, 0.2) is 16.8 Å². The highest BCUT2D eigenvalue weighted by molar-refractivity contribution is 7.08. The molecule has 0 unspecified atom stereocenters. The summed E-state index contributed by atoms with van der Waals surface area (Å²) in [6.45, 7) is 3.70. The maximum atomic E-state index is 12.8. The molecular formula is C18H22N4O3S. The molecule has 138 valence electrons. The van der Waals surface area contributed by atoms with Gasteiger partial charge in [0.2, 0.25) is 0 Å². The number of hydrogen-bond donors (Lipinski definition) is 1. The third-order valence-corrected chi connectivity index (χ3v) is 5.57. The summed E-state index contributed by atoms with van der Waals surface area (Å²) in [6.07, 6.45) is 2.85. The first-order chi connectivity index (χ1) is 12.7. The van der Waals surface area contributed by atoms with E-state index in [1.54, 1.807) is 6.07 Å². The smallest absolute Gasteiger partial charge is 0.274 e. The van der Waals surface area contributed by atoms with E-state index in [2.05, 4.69) is 10.4 Å². The van der Waals surface area contributed by atoms with Gasteiger partial charge >= 0.3 is 0 Å². The summed E-state index contributed by atoms with van der Waals surface area (Å²) < 4.78 is 7.43. The van der Waals surface area contributed by atoms with E-state index in [1.807, 2.05) is 20.3 Å². The van der Waals surface area contributed by atoms with Crippen LogP contribution in [-0.4, -0.2) is 52.7 Å². The summed E-state index contributed by atoms with van der Waals surface area (Å²) in [7, 11) is 0. The lowest BCUT2D eigenvalue weighted by molar-refractivity contribution is 0.0772. The number of nitrogens with zero attached hydrogens (tertiary/aromatic N) is 3. The van der Waals surface area contributed by atoms with E-state index >= 15 is 0 Å². The Morgan fingerprint density at radius 2 is 2.15 bits per heavy atom. The minimum Gasteiger partial charge on any atom is -0.376 e. The number of amides is 2. The lowest BCUT2D eigenvalue weighted by Gasteiger charge is -2.17. The molecule has 1 fully saturated rings. The van der Waals surface area contributed by atoms with Gasteiger partial charge in [-0.1, -0.05) is 0 Å². The molecule has 0 aromatic carbocycles. The molecule has 8 heteroatoms. The first-order valence-electron chi connectivity index (χ1n) is 9.00. The zero-order valence-corrected chi connectivity index (χ0v) is 15.4. The Morgan fingerprint density at radius 1 is 1.31 bits per heavy atom. The number of hydrogen-bond acceptors (Lipinski definition) is 5. The van der Waals surface area contributed by atoms with Crippen molar-refractivity contribution in [1.29, 1.82) is 0 Å². The quantitative estimate of drug-likeness (QED) is 0.864. The molecule has 1 saturated heterocycles. The topological polar surface area (TPSA) is 76.5 Å². The van der Waals surface area contributed by atoms with Crippen LogP contribution >= 0.6 is 11.3 Å². The summed E-state index contributed by atoms with van der Waals surface area (Å²) in [5.74, 6) is -0.0747. The van der Waals surface area contributed by atoms with Crippen molar-refractivity contribution in [3.8, 4) is 0 Å². The average molecular weight is 374 g/mol. The Hall–Kier alpha value is -2.19. The number of rotatable bonds is 5. The summed E-state index contributed by atoms with van der Waals surface area (Å²) in [6, 6.07) is 1.81. The van der Waals surface area contributed by atoms with Gasteiger partial charge in [-0.05, 0) is 24.3 Å². The van der Waals surface area contributed by atoms with Crippen LogP contribution in [0.3, 0.4) is 0 Å². The molecule has 4 heterocycles. The van der Waals surface area contributed by atoms with Gasteiger partial charge in [0.25, 0.3) is 11.8 Å². The Balaban J connectivity index is 1.47. The van der Waals surface area contributed by atoms with E-state index in [0.29, 0.717) is 37.6 Å². The Kier molecular flexibility index (Phi) is 5.03. The van der Waals surface area contributed by atoms with Gasteiger partial charge < -0.3 is 15.0 Å². The average Bonchev–Trinajstić information content (AvgIpc) is 3.41. The molecule has 2 aliphatic heterocycles. The van der Waals surface area contributed by atoms with Crippen molar-refractivity contribution in [3.63, 3.8) is 0 Å². The van der Waals surface area contributed by atoms with Gasteiger partial charge in [-0.25, -0.2) is 0 Å². The molecule has 2 aromatic rings. The molecule has 1 N–H and O–H groups in total. The number of carbonyl (C=O) groups excluding carboxylic acids is 2. The fourth-order valence-electron chi connectivity index (χ4n) is 3.51. The van der Waals surface area contributed by atoms with Crippen molar-refractivity contribution in [1.82, 2.24) is 20.0 Å². The minimum absolute atomic E-state index is 0.00492. The third-order valence-electron chi connectivity index (χ3n) is 4.88. The molecular weight excluding hydrogens is 352 g/mol. The van der Waals surface area contributed by atoms with Gasteiger partial charge in [0, 0.05) is 48.3 Å². The predicted molar refractivity (Wildman–Crippen MR) is 97.4 cm³/mol. The molecule has 2 amide bonds. The summed E-state index contributed by atoms with van der Waals surface area (Å²) in [5.41, 5.74) is 3.17. The van der Waals surface area contributed by atoms with Crippen molar-refractivity contribution >= 4 is 23.2 Å². The monoisotopic (exact) mass is 374 g/mol. The van der Waals surface area contributed by atoms with E-state index in [0.717, 1.165) is 43.6 Å². The summed E-state index contributed by atoms with van der Waals surface area (Å²) >= 11 is 1.50. The second kappa shape index (κ2) is 7.59. The maximum absolute atomic E-state index is 12.8. The molecule has 0 bridgehead atoms. The molecule has 4 rings (SSSR count). The largest absolute Gasteiger partial charge is 0.376 e. The number of likely N-dealkylation sites (tertiary alicyclic amines) is 1. The van der Waals surface area contributed by atoms with Crippen molar-refractivity contribution in [3.05, 3.63) is 39.3 Å². The molecule has 0 radical (unpaired) electrons. The second-order valence-electron chi connectivity index (χ2n) is 6.57. The molecule has 0 saturated carbocycles. The van der Waals surface area contributed by atoms with E-state index in [1.165, 1.54) is 11.3 Å². The third kappa shape index (κ3) is 3.39. The molecule has 0 atom stereocenters. The van der Waals surface area contributed by atoms with Crippen LogP contribution in [-0.2, 0) is 24.3 Å². The van der Waals surface area contributed by atoms with Crippen LogP contribution in [0.25, 0.3) is 0 Å². The Morgan fingerprint density at radius 3 is 2.92 bits per heavy atom. The summed E-state index contributed by atoms with van der Waals surface area (Å²) in [4.78, 5) is 26.7. The molecule has 2 aromatic heterocycles.